The third-order valence-corrected chi connectivity index (χ3v) is 5.43. The zero-order valence-corrected chi connectivity index (χ0v) is 14.6. The van der Waals surface area contributed by atoms with Gasteiger partial charge in [-0.2, -0.15) is 0 Å². The lowest BCUT2D eigenvalue weighted by Gasteiger charge is -2.28. The number of amides is 2. The molecule has 132 valence electrons. The van der Waals surface area contributed by atoms with Gasteiger partial charge in [0.25, 0.3) is 0 Å². The first-order valence-corrected chi connectivity index (χ1v) is 9.45. The number of hydrogen-bond acceptors (Lipinski definition) is 2. The van der Waals surface area contributed by atoms with Crippen molar-refractivity contribution in [1.82, 2.24) is 20.2 Å². The van der Waals surface area contributed by atoms with Crippen LogP contribution in [0.3, 0.4) is 0 Å². The summed E-state index contributed by atoms with van der Waals surface area (Å²) in [5.74, 6) is 1.56. The molecule has 2 N–H and O–H groups in total. The lowest BCUT2D eigenvalue weighted by Crippen LogP contribution is -2.44. The quantitative estimate of drug-likeness (QED) is 0.896. The van der Waals surface area contributed by atoms with E-state index in [2.05, 4.69) is 22.4 Å². The number of fused-ring (bicyclic) bond motifs is 1. The average Bonchev–Trinajstić information content (AvgIpc) is 3.11. The Morgan fingerprint density at radius 3 is 2.80 bits per heavy atom. The van der Waals surface area contributed by atoms with Gasteiger partial charge in [-0.25, -0.2) is 9.78 Å². The normalized spacial score (nSPS) is 18.0. The van der Waals surface area contributed by atoms with Crippen molar-refractivity contribution < 1.29 is 4.79 Å². The maximum atomic E-state index is 12.5. The number of carbonyl (C=O) groups excluding carboxylic acids is 1. The van der Waals surface area contributed by atoms with Gasteiger partial charge in [0.1, 0.15) is 5.82 Å². The van der Waals surface area contributed by atoms with Crippen LogP contribution >= 0.6 is 0 Å². The number of imidazole rings is 1. The van der Waals surface area contributed by atoms with Gasteiger partial charge >= 0.3 is 6.03 Å². The number of urea groups is 1. The molecule has 5 heteroatoms. The zero-order valence-electron chi connectivity index (χ0n) is 14.6. The first-order valence-electron chi connectivity index (χ1n) is 9.45. The number of H-pyrrole nitrogens is 1. The molecule has 2 aliphatic rings. The Kier molecular flexibility index (Phi) is 4.72. The summed E-state index contributed by atoms with van der Waals surface area (Å²) < 4.78 is 0. The van der Waals surface area contributed by atoms with Crippen molar-refractivity contribution in [1.29, 1.82) is 0 Å². The topological polar surface area (TPSA) is 61.0 Å². The largest absolute Gasteiger partial charge is 0.340 e. The Balaban J connectivity index is 1.37. The van der Waals surface area contributed by atoms with Gasteiger partial charge in [0, 0.05) is 25.1 Å². The van der Waals surface area contributed by atoms with Gasteiger partial charge in [-0.1, -0.05) is 49.6 Å². The van der Waals surface area contributed by atoms with Crippen LogP contribution in [0.5, 0.6) is 0 Å². The number of carbonyl (C=O) groups is 1. The minimum Gasteiger partial charge on any atom is -0.340 e. The fraction of sp³-hybridized carbons (Fsp3) is 0.500. The summed E-state index contributed by atoms with van der Waals surface area (Å²) in [4.78, 5) is 22.5. The smallest absolute Gasteiger partial charge is 0.317 e. The number of aromatic nitrogens is 2. The first-order chi connectivity index (χ1) is 12.3. The number of nitrogens with zero attached hydrogens (tertiary/aromatic N) is 2. The highest BCUT2D eigenvalue weighted by Crippen LogP contribution is 2.24. The maximum Gasteiger partial charge on any atom is 0.317 e. The van der Waals surface area contributed by atoms with Crippen LogP contribution in [-0.4, -0.2) is 34.0 Å². The van der Waals surface area contributed by atoms with E-state index in [0.29, 0.717) is 12.5 Å². The number of benzene rings is 1. The molecule has 2 amide bonds. The van der Waals surface area contributed by atoms with Crippen molar-refractivity contribution in [3.05, 3.63) is 41.7 Å². The third-order valence-electron chi connectivity index (χ3n) is 5.43. The molecule has 0 unspecified atom stereocenters. The van der Waals surface area contributed by atoms with E-state index >= 15 is 0 Å². The van der Waals surface area contributed by atoms with Crippen LogP contribution in [0.2, 0.25) is 0 Å². The van der Waals surface area contributed by atoms with Crippen LogP contribution in [-0.2, 0) is 13.0 Å². The van der Waals surface area contributed by atoms with Gasteiger partial charge in [-0.15, -0.1) is 0 Å². The van der Waals surface area contributed by atoms with Gasteiger partial charge < -0.3 is 15.2 Å². The van der Waals surface area contributed by atoms with E-state index in [4.69, 9.17) is 4.98 Å². The molecule has 0 radical (unpaired) electrons. The van der Waals surface area contributed by atoms with E-state index < -0.39 is 0 Å². The molecule has 0 saturated heterocycles. The molecule has 0 spiro atoms. The Hall–Kier alpha value is -2.30. The predicted octanol–water partition coefficient (Wildman–Crippen LogP) is 3.72. The highest BCUT2D eigenvalue weighted by Gasteiger charge is 2.24. The van der Waals surface area contributed by atoms with E-state index in [1.807, 2.05) is 23.1 Å². The van der Waals surface area contributed by atoms with Gasteiger partial charge in [-0.3, -0.25) is 0 Å². The molecule has 1 aliphatic heterocycles. The second kappa shape index (κ2) is 7.30. The van der Waals surface area contributed by atoms with Crippen LogP contribution in [0.1, 0.15) is 43.5 Å². The van der Waals surface area contributed by atoms with E-state index in [-0.39, 0.29) is 6.03 Å². The number of aromatic amines is 1. The number of hydrogen-bond donors (Lipinski definition) is 2. The Morgan fingerprint density at radius 2 is 2.00 bits per heavy atom. The average molecular weight is 338 g/mol. The molecule has 1 aliphatic carbocycles. The Morgan fingerprint density at radius 1 is 1.20 bits per heavy atom. The molecule has 1 fully saturated rings. The van der Waals surface area contributed by atoms with Gasteiger partial charge in [0.05, 0.1) is 17.9 Å². The SMILES string of the molecule is O=C(NCC1CCCCC1)N1CCc2nc(-c3ccccc3)[nH]c2C1. The van der Waals surface area contributed by atoms with E-state index in [9.17, 15) is 4.79 Å². The van der Waals surface area contributed by atoms with Crippen LogP contribution < -0.4 is 5.32 Å². The van der Waals surface area contributed by atoms with E-state index in [1.165, 1.54) is 32.1 Å². The second-order valence-electron chi connectivity index (χ2n) is 7.24. The summed E-state index contributed by atoms with van der Waals surface area (Å²) in [6.45, 7) is 2.18. The Bertz CT molecular complexity index is 719. The molecule has 2 aromatic rings. The number of rotatable bonds is 3. The van der Waals surface area contributed by atoms with Gasteiger partial charge in [0.15, 0.2) is 0 Å². The molecule has 1 aromatic heterocycles. The summed E-state index contributed by atoms with van der Waals surface area (Å²) in [6, 6.07) is 10.2. The van der Waals surface area contributed by atoms with Crippen LogP contribution in [0.4, 0.5) is 4.79 Å². The predicted molar refractivity (Wildman–Crippen MR) is 98.1 cm³/mol. The van der Waals surface area contributed by atoms with Gasteiger partial charge in [-0.05, 0) is 18.8 Å². The highest BCUT2D eigenvalue weighted by atomic mass is 16.2. The van der Waals surface area contributed by atoms with Crippen molar-refractivity contribution in [2.75, 3.05) is 13.1 Å². The number of nitrogens with one attached hydrogen (secondary N) is 2. The van der Waals surface area contributed by atoms with Crippen LogP contribution in [0, 0.1) is 5.92 Å². The maximum absolute atomic E-state index is 12.5. The molecular weight excluding hydrogens is 312 g/mol. The molecule has 2 heterocycles. The fourth-order valence-corrected chi connectivity index (χ4v) is 3.93. The van der Waals surface area contributed by atoms with Crippen molar-refractivity contribution in [3.8, 4) is 11.4 Å². The molecular formula is C20H26N4O. The molecule has 0 atom stereocenters. The van der Waals surface area contributed by atoms with Gasteiger partial charge in [0.2, 0.25) is 0 Å². The van der Waals surface area contributed by atoms with Crippen molar-refractivity contribution >= 4 is 6.03 Å². The van der Waals surface area contributed by atoms with E-state index in [1.54, 1.807) is 0 Å². The van der Waals surface area contributed by atoms with Crippen molar-refractivity contribution in [2.24, 2.45) is 5.92 Å². The lowest BCUT2D eigenvalue weighted by atomic mass is 9.89. The van der Waals surface area contributed by atoms with Crippen molar-refractivity contribution in [3.63, 3.8) is 0 Å². The standard InChI is InChI=1S/C20H26N4O/c25-20(21-13-15-7-3-1-4-8-15)24-12-11-17-18(14-24)23-19(22-17)16-9-5-2-6-10-16/h2,5-6,9-10,15H,1,3-4,7-8,11-14H2,(H,21,25)(H,22,23). The second-order valence-corrected chi connectivity index (χ2v) is 7.24. The third kappa shape index (κ3) is 3.70. The van der Waals surface area contributed by atoms with E-state index in [0.717, 1.165) is 42.3 Å². The van der Waals surface area contributed by atoms with Crippen LogP contribution in [0.15, 0.2) is 30.3 Å². The lowest BCUT2D eigenvalue weighted by molar-refractivity contribution is 0.187. The summed E-state index contributed by atoms with van der Waals surface area (Å²) in [5.41, 5.74) is 3.25. The molecule has 4 rings (SSSR count). The molecule has 1 saturated carbocycles. The molecule has 25 heavy (non-hydrogen) atoms. The molecule has 1 aromatic carbocycles. The molecule has 0 bridgehead atoms. The Labute approximate surface area is 148 Å². The molecule has 5 nitrogen and oxygen atoms in total. The highest BCUT2D eigenvalue weighted by molar-refractivity contribution is 5.74. The minimum atomic E-state index is 0.0621. The first kappa shape index (κ1) is 16.2. The van der Waals surface area contributed by atoms with Crippen molar-refractivity contribution in [2.45, 2.75) is 45.1 Å². The summed E-state index contributed by atoms with van der Waals surface area (Å²) in [5, 5.41) is 3.14. The summed E-state index contributed by atoms with van der Waals surface area (Å²) in [6.07, 6.45) is 7.29. The monoisotopic (exact) mass is 338 g/mol. The summed E-state index contributed by atoms with van der Waals surface area (Å²) >= 11 is 0. The van der Waals surface area contributed by atoms with Crippen LogP contribution in [0.25, 0.3) is 11.4 Å². The minimum absolute atomic E-state index is 0.0621. The zero-order chi connectivity index (χ0) is 17.1. The summed E-state index contributed by atoms with van der Waals surface area (Å²) in [7, 11) is 0. The fourth-order valence-electron chi connectivity index (χ4n) is 3.93.